The zero-order valence-electron chi connectivity index (χ0n) is 15.3. The van der Waals surface area contributed by atoms with Crippen LogP contribution in [-0.4, -0.2) is 40.9 Å². The third-order valence-electron chi connectivity index (χ3n) is 3.58. The van der Waals surface area contributed by atoms with Crippen LogP contribution < -0.4 is 20.3 Å². The van der Waals surface area contributed by atoms with Crippen LogP contribution in [0.25, 0.3) is 0 Å². The molecule has 0 bridgehead atoms. The fraction of sp³-hybridized carbons (Fsp3) is 0.222. The van der Waals surface area contributed by atoms with Crippen LogP contribution >= 0.6 is 0 Å². The van der Waals surface area contributed by atoms with Gasteiger partial charge in [-0.25, -0.2) is 13.1 Å². The summed E-state index contributed by atoms with van der Waals surface area (Å²) in [6.07, 6.45) is 0. The van der Waals surface area contributed by atoms with Crippen LogP contribution in [0.4, 0.5) is 17.1 Å². The first kappa shape index (κ1) is 20.4. The molecule has 3 N–H and O–H groups in total. The van der Waals surface area contributed by atoms with E-state index in [1.54, 1.807) is 12.1 Å². The lowest BCUT2D eigenvalue weighted by atomic mass is 10.2. The number of nitrogens with one attached hydrogen (secondary N) is 3. The van der Waals surface area contributed by atoms with Gasteiger partial charge in [0.25, 0.3) is 0 Å². The number of hydrogen-bond donors (Lipinski definition) is 3. The van der Waals surface area contributed by atoms with Gasteiger partial charge in [0.15, 0.2) is 0 Å². The van der Waals surface area contributed by atoms with E-state index in [9.17, 15) is 18.0 Å². The fourth-order valence-electron chi connectivity index (χ4n) is 2.21. The molecular formula is C18H22N4O4S. The molecule has 27 heavy (non-hydrogen) atoms. The first-order valence-electron chi connectivity index (χ1n) is 8.12. The van der Waals surface area contributed by atoms with Crippen molar-refractivity contribution in [2.24, 2.45) is 0 Å². The molecule has 0 aliphatic rings. The van der Waals surface area contributed by atoms with Gasteiger partial charge >= 0.3 is 0 Å². The van der Waals surface area contributed by atoms with Crippen LogP contribution in [0.15, 0.2) is 53.4 Å². The molecule has 0 atom stereocenters. The minimum Gasteiger partial charge on any atom is -0.378 e. The van der Waals surface area contributed by atoms with Gasteiger partial charge in [0.2, 0.25) is 21.8 Å². The number of carbonyl (C=O) groups is 2. The van der Waals surface area contributed by atoms with Crippen molar-refractivity contribution in [1.29, 1.82) is 0 Å². The number of nitrogens with zero attached hydrogens (tertiary/aromatic N) is 1. The van der Waals surface area contributed by atoms with E-state index in [1.165, 1.54) is 31.2 Å². The number of amides is 2. The fourth-order valence-corrected chi connectivity index (χ4v) is 3.19. The van der Waals surface area contributed by atoms with Gasteiger partial charge in [-0.2, -0.15) is 0 Å². The summed E-state index contributed by atoms with van der Waals surface area (Å²) in [6.45, 7) is 0.962. The number of anilines is 3. The molecule has 0 saturated carbocycles. The normalized spacial score (nSPS) is 10.9. The Labute approximate surface area is 158 Å². The number of benzene rings is 2. The topological polar surface area (TPSA) is 108 Å². The van der Waals surface area contributed by atoms with E-state index in [-0.39, 0.29) is 10.8 Å². The third-order valence-corrected chi connectivity index (χ3v) is 4.99. The Hall–Kier alpha value is -2.91. The predicted molar refractivity (Wildman–Crippen MR) is 105 cm³/mol. The average molecular weight is 390 g/mol. The maximum atomic E-state index is 12.3. The summed E-state index contributed by atoms with van der Waals surface area (Å²) >= 11 is 0. The van der Waals surface area contributed by atoms with E-state index in [0.29, 0.717) is 11.4 Å². The zero-order valence-corrected chi connectivity index (χ0v) is 16.1. The Morgan fingerprint density at radius 2 is 1.41 bits per heavy atom. The van der Waals surface area contributed by atoms with Crippen molar-refractivity contribution in [2.75, 3.05) is 36.2 Å². The minimum atomic E-state index is -3.84. The first-order chi connectivity index (χ1) is 12.7. The molecule has 8 nitrogen and oxygen atoms in total. The van der Waals surface area contributed by atoms with Crippen molar-refractivity contribution in [1.82, 2.24) is 4.72 Å². The average Bonchev–Trinajstić information content (AvgIpc) is 2.60. The van der Waals surface area contributed by atoms with Gasteiger partial charge in [0.1, 0.15) is 0 Å². The highest BCUT2D eigenvalue weighted by Gasteiger charge is 2.15. The Bertz CT molecular complexity index is 907. The van der Waals surface area contributed by atoms with Crippen molar-refractivity contribution in [3.05, 3.63) is 48.5 Å². The van der Waals surface area contributed by atoms with Gasteiger partial charge < -0.3 is 15.5 Å². The Kier molecular flexibility index (Phi) is 6.54. The van der Waals surface area contributed by atoms with Crippen molar-refractivity contribution in [3.63, 3.8) is 0 Å². The lowest BCUT2D eigenvalue weighted by Gasteiger charge is -2.13. The molecule has 2 aromatic carbocycles. The second-order valence-electron chi connectivity index (χ2n) is 6.02. The van der Waals surface area contributed by atoms with Gasteiger partial charge in [0.05, 0.1) is 11.4 Å². The number of rotatable bonds is 7. The van der Waals surface area contributed by atoms with Crippen LogP contribution in [0.5, 0.6) is 0 Å². The van der Waals surface area contributed by atoms with Crippen LogP contribution in [0.3, 0.4) is 0 Å². The van der Waals surface area contributed by atoms with Crippen molar-refractivity contribution in [3.8, 4) is 0 Å². The molecule has 0 radical (unpaired) electrons. The molecule has 2 aromatic rings. The molecule has 0 spiro atoms. The summed E-state index contributed by atoms with van der Waals surface area (Å²) in [5, 5.41) is 5.18. The van der Waals surface area contributed by atoms with Crippen molar-refractivity contribution >= 4 is 38.9 Å². The van der Waals surface area contributed by atoms with Gasteiger partial charge in [-0.3, -0.25) is 9.59 Å². The zero-order chi connectivity index (χ0) is 20.0. The van der Waals surface area contributed by atoms with Crippen LogP contribution in [0.2, 0.25) is 0 Å². The van der Waals surface area contributed by atoms with Gasteiger partial charge in [-0.05, 0) is 48.5 Å². The summed E-state index contributed by atoms with van der Waals surface area (Å²) in [4.78, 5) is 24.9. The van der Waals surface area contributed by atoms with Crippen molar-refractivity contribution in [2.45, 2.75) is 11.8 Å². The van der Waals surface area contributed by atoms with E-state index in [2.05, 4.69) is 15.4 Å². The van der Waals surface area contributed by atoms with Crippen LogP contribution in [-0.2, 0) is 19.6 Å². The van der Waals surface area contributed by atoms with Crippen molar-refractivity contribution < 1.29 is 18.0 Å². The quantitative estimate of drug-likeness (QED) is 0.666. The van der Waals surface area contributed by atoms with E-state index in [0.717, 1.165) is 5.69 Å². The smallest absolute Gasteiger partial charge is 0.241 e. The standard InChI is InChI=1S/C18H22N4O4S/c1-13(23)20-14-6-10-17(11-7-14)27(25,26)19-12-18(24)21-15-4-8-16(9-5-15)22(2)3/h4-11,19H,12H2,1-3H3,(H,20,23)(H,21,24). The summed E-state index contributed by atoms with van der Waals surface area (Å²) in [6, 6.07) is 12.8. The second-order valence-corrected chi connectivity index (χ2v) is 7.79. The second kappa shape index (κ2) is 8.65. The molecule has 2 amide bonds. The van der Waals surface area contributed by atoms with Crippen LogP contribution in [0.1, 0.15) is 6.92 Å². The number of hydrogen-bond acceptors (Lipinski definition) is 5. The maximum absolute atomic E-state index is 12.3. The molecule has 0 aliphatic heterocycles. The largest absolute Gasteiger partial charge is 0.378 e. The highest BCUT2D eigenvalue weighted by Crippen LogP contribution is 2.16. The Balaban J connectivity index is 1.93. The molecule has 0 unspecified atom stereocenters. The SMILES string of the molecule is CC(=O)Nc1ccc(S(=O)(=O)NCC(=O)Nc2ccc(N(C)C)cc2)cc1. The molecule has 0 aliphatic carbocycles. The lowest BCUT2D eigenvalue weighted by molar-refractivity contribution is -0.115. The molecule has 0 fully saturated rings. The number of carbonyl (C=O) groups excluding carboxylic acids is 2. The maximum Gasteiger partial charge on any atom is 0.241 e. The summed E-state index contributed by atoms with van der Waals surface area (Å²) in [7, 11) is -0.0254. The van der Waals surface area contributed by atoms with E-state index < -0.39 is 22.5 Å². The third kappa shape index (κ3) is 6.08. The lowest BCUT2D eigenvalue weighted by Crippen LogP contribution is -2.32. The van der Waals surface area contributed by atoms with Gasteiger partial charge in [0, 0.05) is 38.1 Å². The molecule has 0 heterocycles. The van der Waals surface area contributed by atoms with E-state index in [4.69, 9.17) is 0 Å². The summed E-state index contributed by atoms with van der Waals surface area (Å²) < 4.78 is 26.8. The first-order valence-corrected chi connectivity index (χ1v) is 9.60. The highest BCUT2D eigenvalue weighted by molar-refractivity contribution is 7.89. The predicted octanol–water partition coefficient (Wildman–Crippen LogP) is 1.63. The summed E-state index contributed by atoms with van der Waals surface area (Å²) in [5.41, 5.74) is 2.04. The molecular weight excluding hydrogens is 368 g/mol. The van der Waals surface area contributed by atoms with Crippen LogP contribution in [0, 0.1) is 0 Å². The Morgan fingerprint density at radius 1 is 0.889 bits per heavy atom. The van der Waals surface area contributed by atoms with E-state index in [1.807, 2.05) is 31.1 Å². The molecule has 0 aromatic heterocycles. The highest BCUT2D eigenvalue weighted by atomic mass is 32.2. The van der Waals surface area contributed by atoms with Gasteiger partial charge in [-0.15, -0.1) is 0 Å². The van der Waals surface area contributed by atoms with E-state index >= 15 is 0 Å². The number of sulfonamides is 1. The molecule has 0 saturated heterocycles. The minimum absolute atomic E-state index is 0.000243. The summed E-state index contributed by atoms with van der Waals surface area (Å²) in [5.74, 6) is -0.731. The Morgan fingerprint density at radius 3 is 1.93 bits per heavy atom. The molecule has 2 rings (SSSR count). The van der Waals surface area contributed by atoms with Gasteiger partial charge in [-0.1, -0.05) is 0 Å². The molecule has 144 valence electrons. The molecule has 9 heteroatoms. The monoisotopic (exact) mass is 390 g/mol.